The Kier molecular flexibility index (Phi) is 7.34. The number of piperidine rings is 1. The van der Waals surface area contributed by atoms with E-state index in [0.717, 1.165) is 57.2 Å². The van der Waals surface area contributed by atoms with Crippen molar-refractivity contribution in [2.45, 2.75) is 51.7 Å². The van der Waals surface area contributed by atoms with Crippen LogP contribution in [0.25, 0.3) is 0 Å². The minimum absolute atomic E-state index is 0.466. The van der Waals surface area contributed by atoms with Crippen LogP contribution in [-0.4, -0.2) is 42.6 Å². The number of rotatable bonds is 7. The third kappa shape index (κ3) is 6.14. The lowest BCUT2D eigenvalue weighted by molar-refractivity contribution is 0.134. The van der Waals surface area contributed by atoms with Crippen LogP contribution in [0.4, 0.5) is 0 Å². The van der Waals surface area contributed by atoms with Crippen molar-refractivity contribution >= 4 is 5.96 Å². The molecule has 3 rings (SSSR count). The third-order valence-corrected chi connectivity index (χ3v) is 5.14. The van der Waals surface area contributed by atoms with Crippen LogP contribution in [-0.2, 0) is 13.0 Å². The van der Waals surface area contributed by atoms with Crippen LogP contribution in [0.1, 0.15) is 38.0 Å². The van der Waals surface area contributed by atoms with Crippen LogP contribution in [0.15, 0.2) is 58.1 Å². The highest BCUT2D eigenvalue weighted by atomic mass is 16.3. The number of benzene rings is 1. The lowest BCUT2D eigenvalue weighted by Gasteiger charge is -2.38. The molecule has 1 aromatic heterocycles. The molecule has 146 valence electrons. The SMILES string of the molecule is CCNC(=NCCc1ccco1)NC1CCN(Cc2ccccc2)C(C)C1. The summed E-state index contributed by atoms with van der Waals surface area (Å²) >= 11 is 0. The van der Waals surface area contributed by atoms with Gasteiger partial charge in [0.25, 0.3) is 0 Å². The normalized spacial score (nSPS) is 21.2. The van der Waals surface area contributed by atoms with E-state index < -0.39 is 0 Å². The maximum absolute atomic E-state index is 5.38. The van der Waals surface area contributed by atoms with Crippen LogP contribution >= 0.6 is 0 Å². The summed E-state index contributed by atoms with van der Waals surface area (Å²) in [5, 5.41) is 7.00. The molecule has 5 heteroatoms. The first-order valence-corrected chi connectivity index (χ1v) is 10.1. The molecule has 1 saturated heterocycles. The molecule has 0 aliphatic carbocycles. The molecule has 2 atom stereocenters. The second kappa shape index (κ2) is 10.2. The van der Waals surface area contributed by atoms with E-state index in [1.165, 1.54) is 5.56 Å². The second-order valence-electron chi connectivity index (χ2n) is 7.26. The van der Waals surface area contributed by atoms with Gasteiger partial charge in [-0.05, 0) is 44.4 Å². The third-order valence-electron chi connectivity index (χ3n) is 5.14. The number of hydrogen-bond donors (Lipinski definition) is 2. The first kappa shape index (κ1) is 19.5. The van der Waals surface area contributed by atoms with Crippen molar-refractivity contribution in [1.82, 2.24) is 15.5 Å². The van der Waals surface area contributed by atoms with Gasteiger partial charge in [-0.1, -0.05) is 30.3 Å². The number of hydrogen-bond acceptors (Lipinski definition) is 3. The quantitative estimate of drug-likeness (QED) is 0.581. The number of nitrogens with zero attached hydrogens (tertiary/aromatic N) is 2. The maximum Gasteiger partial charge on any atom is 0.191 e. The molecule has 2 heterocycles. The van der Waals surface area contributed by atoms with Gasteiger partial charge >= 0.3 is 0 Å². The van der Waals surface area contributed by atoms with E-state index in [9.17, 15) is 0 Å². The lowest BCUT2D eigenvalue weighted by Crippen LogP contribution is -2.51. The molecule has 0 saturated carbocycles. The van der Waals surface area contributed by atoms with Crippen molar-refractivity contribution in [2.24, 2.45) is 4.99 Å². The van der Waals surface area contributed by atoms with Gasteiger partial charge in [0.2, 0.25) is 0 Å². The Hall–Kier alpha value is -2.27. The van der Waals surface area contributed by atoms with Gasteiger partial charge < -0.3 is 15.1 Å². The zero-order chi connectivity index (χ0) is 18.9. The fourth-order valence-corrected chi connectivity index (χ4v) is 3.65. The molecule has 1 aromatic carbocycles. The van der Waals surface area contributed by atoms with Gasteiger partial charge in [0, 0.05) is 44.7 Å². The van der Waals surface area contributed by atoms with Gasteiger partial charge in [0.05, 0.1) is 6.26 Å². The summed E-state index contributed by atoms with van der Waals surface area (Å²) in [7, 11) is 0. The van der Waals surface area contributed by atoms with E-state index in [-0.39, 0.29) is 0 Å². The minimum Gasteiger partial charge on any atom is -0.469 e. The van der Waals surface area contributed by atoms with Crippen LogP contribution in [0, 0.1) is 0 Å². The molecule has 1 aliphatic rings. The van der Waals surface area contributed by atoms with Gasteiger partial charge in [-0.2, -0.15) is 0 Å². The topological polar surface area (TPSA) is 52.8 Å². The Bertz CT molecular complexity index is 684. The van der Waals surface area contributed by atoms with Crippen molar-refractivity contribution < 1.29 is 4.42 Å². The second-order valence-corrected chi connectivity index (χ2v) is 7.26. The summed E-state index contributed by atoms with van der Waals surface area (Å²) in [4.78, 5) is 7.29. The smallest absolute Gasteiger partial charge is 0.191 e. The average molecular weight is 369 g/mol. The zero-order valence-corrected chi connectivity index (χ0v) is 16.5. The van der Waals surface area contributed by atoms with Gasteiger partial charge in [-0.25, -0.2) is 0 Å². The highest BCUT2D eigenvalue weighted by molar-refractivity contribution is 5.80. The summed E-state index contributed by atoms with van der Waals surface area (Å²) in [6.07, 6.45) is 4.82. The minimum atomic E-state index is 0.466. The Labute approximate surface area is 162 Å². The van der Waals surface area contributed by atoms with Crippen LogP contribution in [0.3, 0.4) is 0 Å². The first-order chi connectivity index (χ1) is 13.2. The molecule has 1 fully saturated rings. The lowest BCUT2D eigenvalue weighted by atomic mass is 9.97. The first-order valence-electron chi connectivity index (χ1n) is 10.1. The van der Waals surface area contributed by atoms with Gasteiger partial charge in [-0.3, -0.25) is 9.89 Å². The summed E-state index contributed by atoms with van der Waals surface area (Å²) in [5.74, 6) is 1.90. The van der Waals surface area contributed by atoms with Gasteiger partial charge in [0.1, 0.15) is 5.76 Å². The number of nitrogens with one attached hydrogen (secondary N) is 2. The maximum atomic E-state index is 5.38. The van der Waals surface area contributed by atoms with Crippen LogP contribution in [0.5, 0.6) is 0 Å². The molecule has 0 radical (unpaired) electrons. The van der Waals surface area contributed by atoms with E-state index >= 15 is 0 Å². The Morgan fingerprint density at radius 2 is 2.07 bits per heavy atom. The number of guanidine groups is 1. The summed E-state index contributed by atoms with van der Waals surface area (Å²) in [6.45, 7) is 8.18. The Morgan fingerprint density at radius 3 is 2.78 bits per heavy atom. The van der Waals surface area contributed by atoms with E-state index in [2.05, 4.69) is 59.7 Å². The molecular weight excluding hydrogens is 336 g/mol. The molecule has 27 heavy (non-hydrogen) atoms. The standard InChI is InChI=1S/C22H32N4O/c1-3-23-22(24-13-11-21-10-7-15-27-21)25-20-12-14-26(18(2)16-20)17-19-8-5-4-6-9-19/h4-10,15,18,20H,3,11-14,16-17H2,1-2H3,(H2,23,24,25). The fourth-order valence-electron chi connectivity index (χ4n) is 3.65. The molecule has 0 spiro atoms. The van der Waals surface area contributed by atoms with Crippen LogP contribution in [0.2, 0.25) is 0 Å². The molecular formula is C22H32N4O. The van der Waals surface area contributed by atoms with Gasteiger partial charge in [0.15, 0.2) is 5.96 Å². The van der Waals surface area contributed by atoms with Gasteiger partial charge in [-0.15, -0.1) is 0 Å². The Morgan fingerprint density at radius 1 is 1.22 bits per heavy atom. The predicted octanol–water partition coefficient (Wildman–Crippen LogP) is 3.43. The zero-order valence-electron chi connectivity index (χ0n) is 16.5. The number of aliphatic imine (C=N–C) groups is 1. The molecule has 5 nitrogen and oxygen atoms in total. The largest absolute Gasteiger partial charge is 0.469 e. The highest BCUT2D eigenvalue weighted by Crippen LogP contribution is 2.19. The predicted molar refractivity (Wildman–Crippen MR) is 111 cm³/mol. The fraction of sp³-hybridized carbons (Fsp3) is 0.500. The summed E-state index contributed by atoms with van der Waals surface area (Å²) in [5.41, 5.74) is 1.39. The average Bonchev–Trinajstić information content (AvgIpc) is 3.18. The van der Waals surface area contributed by atoms with Crippen molar-refractivity contribution in [3.63, 3.8) is 0 Å². The molecule has 1 aliphatic heterocycles. The molecule has 0 bridgehead atoms. The van der Waals surface area contributed by atoms with E-state index in [4.69, 9.17) is 9.41 Å². The van der Waals surface area contributed by atoms with Crippen molar-refractivity contribution in [2.75, 3.05) is 19.6 Å². The summed E-state index contributed by atoms with van der Waals surface area (Å²) in [6, 6.07) is 15.7. The van der Waals surface area contributed by atoms with Crippen LogP contribution < -0.4 is 10.6 Å². The molecule has 2 unspecified atom stereocenters. The van der Waals surface area contributed by atoms with Crippen molar-refractivity contribution in [1.29, 1.82) is 0 Å². The number of likely N-dealkylation sites (tertiary alicyclic amines) is 1. The Balaban J connectivity index is 1.48. The number of furan rings is 1. The summed E-state index contributed by atoms with van der Waals surface area (Å²) < 4.78 is 5.38. The molecule has 2 aromatic rings. The van der Waals surface area contributed by atoms with E-state index in [1.807, 2.05) is 12.1 Å². The molecule has 2 N–H and O–H groups in total. The monoisotopic (exact) mass is 368 g/mol. The van der Waals surface area contributed by atoms with Crippen molar-refractivity contribution in [3.8, 4) is 0 Å². The molecule has 0 amide bonds. The van der Waals surface area contributed by atoms with E-state index in [1.54, 1.807) is 6.26 Å². The van der Waals surface area contributed by atoms with Crippen molar-refractivity contribution in [3.05, 3.63) is 60.1 Å². The highest BCUT2D eigenvalue weighted by Gasteiger charge is 2.25. The van der Waals surface area contributed by atoms with E-state index in [0.29, 0.717) is 12.1 Å².